The maximum atomic E-state index is 12.7. The van der Waals surface area contributed by atoms with E-state index >= 15 is 0 Å². The predicted octanol–water partition coefficient (Wildman–Crippen LogP) is 3.51. The number of ether oxygens (including phenoxy) is 1. The highest BCUT2D eigenvalue weighted by Crippen LogP contribution is 2.12. The Balaban J connectivity index is 1.94. The van der Waals surface area contributed by atoms with Crippen molar-refractivity contribution in [2.45, 2.75) is 39.7 Å². The van der Waals surface area contributed by atoms with Crippen LogP contribution in [0.3, 0.4) is 0 Å². The SMILES string of the molecule is COc1ccc(CCNC(=O)[C@H](CC(C)C)NC(=O)c2ccccc2C)cc1. The first kappa shape index (κ1) is 21.5. The molecule has 0 bridgehead atoms. The number of methoxy groups -OCH3 is 1. The lowest BCUT2D eigenvalue weighted by Gasteiger charge is -2.21. The third kappa shape index (κ3) is 6.41. The molecular formula is C23H30N2O3. The van der Waals surface area contributed by atoms with Gasteiger partial charge in [-0.05, 0) is 55.0 Å². The number of hydrogen-bond acceptors (Lipinski definition) is 3. The van der Waals surface area contributed by atoms with Crippen LogP contribution in [0.15, 0.2) is 48.5 Å². The van der Waals surface area contributed by atoms with Crippen molar-refractivity contribution in [3.05, 3.63) is 65.2 Å². The van der Waals surface area contributed by atoms with Crippen molar-refractivity contribution >= 4 is 11.8 Å². The van der Waals surface area contributed by atoms with E-state index in [0.29, 0.717) is 18.5 Å². The summed E-state index contributed by atoms with van der Waals surface area (Å²) in [5.74, 6) is 0.733. The molecule has 2 N–H and O–H groups in total. The fraction of sp³-hybridized carbons (Fsp3) is 0.391. The molecule has 0 radical (unpaired) electrons. The van der Waals surface area contributed by atoms with Crippen LogP contribution in [-0.4, -0.2) is 31.5 Å². The van der Waals surface area contributed by atoms with Gasteiger partial charge in [-0.2, -0.15) is 0 Å². The monoisotopic (exact) mass is 382 g/mol. The second-order valence-electron chi connectivity index (χ2n) is 7.36. The maximum Gasteiger partial charge on any atom is 0.252 e. The number of amides is 2. The number of carbonyl (C=O) groups is 2. The van der Waals surface area contributed by atoms with Crippen molar-refractivity contribution in [3.63, 3.8) is 0 Å². The number of rotatable bonds is 9. The minimum atomic E-state index is -0.553. The molecule has 2 aromatic rings. The second-order valence-corrected chi connectivity index (χ2v) is 7.36. The van der Waals surface area contributed by atoms with E-state index in [2.05, 4.69) is 10.6 Å². The van der Waals surface area contributed by atoms with E-state index < -0.39 is 6.04 Å². The molecule has 0 aliphatic heterocycles. The molecule has 0 aliphatic rings. The van der Waals surface area contributed by atoms with Crippen molar-refractivity contribution in [1.82, 2.24) is 10.6 Å². The quantitative estimate of drug-likeness (QED) is 0.697. The molecule has 0 aromatic heterocycles. The van der Waals surface area contributed by atoms with Crippen LogP contribution in [0.25, 0.3) is 0 Å². The third-order valence-electron chi connectivity index (χ3n) is 4.59. The molecule has 0 saturated heterocycles. The first-order chi connectivity index (χ1) is 13.4. The lowest BCUT2D eigenvalue weighted by atomic mass is 10.0. The molecule has 0 unspecified atom stereocenters. The molecule has 1 atom stereocenters. The van der Waals surface area contributed by atoms with Gasteiger partial charge in [0, 0.05) is 12.1 Å². The molecule has 5 nitrogen and oxygen atoms in total. The molecule has 0 saturated carbocycles. The van der Waals surface area contributed by atoms with Gasteiger partial charge < -0.3 is 15.4 Å². The minimum absolute atomic E-state index is 0.149. The molecule has 5 heteroatoms. The Morgan fingerprint density at radius 2 is 1.71 bits per heavy atom. The smallest absolute Gasteiger partial charge is 0.252 e. The van der Waals surface area contributed by atoms with E-state index in [4.69, 9.17) is 4.74 Å². The predicted molar refractivity (Wildman–Crippen MR) is 112 cm³/mol. The zero-order valence-electron chi connectivity index (χ0n) is 17.1. The van der Waals surface area contributed by atoms with Crippen LogP contribution >= 0.6 is 0 Å². The highest BCUT2D eigenvalue weighted by Gasteiger charge is 2.22. The zero-order valence-corrected chi connectivity index (χ0v) is 17.1. The number of aryl methyl sites for hydroxylation is 1. The van der Waals surface area contributed by atoms with Gasteiger partial charge in [-0.3, -0.25) is 9.59 Å². The van der Waals surface area contributed by atoms with E-state index in [-0.39, 0.29) is 17.7 Å². The molecule has 0 heterocycles. The third-order valence-corrected chi connectivity index (χ3v) is 4.59. The van der Waals surface area contributed by atoms with Gasteiger partial charge in [0.1, 0.15) is 11.8 Å². The number of carbonyl (C=O) groups excluding carboxylic acids is 2. The summed E-state index contributed by atoms with van der Waals surface area (Å²) in [4.78, 5) is 25.3. The van der Waals surface area contributed by atoms with Crippen LogP contribution in [0, 0.1) is 12.8 Å². The molecule has 150 valence electrons. The molecule has 2 aromatic carbocycles. The van der Waals surface area contributed by atoms with Crippen LogP contribution in [0.2, 0.25) is 0 Å². The Morgan fingerprint density at radius 3 is 2.32 bits per heavy atom. The summed E-state index contributed by atoms with van der Waals surface area (Å²) >= 11 is 0. The van der Waals surface area contributed by atoms with Crippen LogP contribution in [0.1, 0.15) is 41.8 Å². The highest BCUT2D eigenvalue weighted by atomic mass is 16.5. The van der Waals surface area contributed by atoms with E-state index in [0.717, 1.165) is 23.3 Å². The summed E-state index contributed by atoms with van der Waals surface area (Å²) in [6, 6.07) is 14.6. The normalized spacial score (nSPS) is 11.8. The van der Waals surface area contributed by atoms with Crippen molar-refractivity contribution in [1.29, 1.82) is 0 Å². The number of nitrogens with one attached hydrogen (secondary N) is 2. The molecule has 0 aliphatic carbocycles. The van der Waals surface area contributed by atoms with Crippen LogP contribution in [0.4, 0.5) is 0 Å². The second kappa shape index (κ2) is 10.5. The van der Waals surface area contributed by atoms with Gasteiger partial charge in [0.2, 0.25) is 5.91 Å². The average molecular weight is 383 g/mol. The van der Waals surface area contributed by atoms with Crippen LogP contribution < -0.4 is 15.4 Å². The lowest BCUT2D eigenvalue weighted by molar-refractivity contribution is -0.123. The van der Waals surface area contributed by atoms with Gasteiger partial charge >= 0.3 is 0 Å². The number of benzene rings is 2. The fourth-order valence-corrected chi connectivity index (χ4v) is 3.01. The summed E-state index contributed by atoms with van der Waals surface area (Å²) in [6.07, 6.45) is 1.31. The Bertz CT molecular complexity index is 785. The van der Waals surface area contributed by atoms with Gasteiger partial charge in [0.25, 0.3) is 5.91 Å². The Labute approximate surface area is 167 Å². The highest BCUT2D eigenvalue weighted by molar-refractivity contribution is 5.98. The van der Waals surface area contributed by atoms with Gasteiger partial charge in [0.15, 0.2) is 0 Å². The van der Waals surface area contributed by atoms with Crippen molar-refractivity contribution in [2.24, 2.45) is 5.92 Å². The largest absolute Gasteiger partial charge is 0.497 e. The topological polar surface area (TPSA) is 67.4 Å². The van der Waals surface area contributed by atoms with E-state index in [1.807, 2.05) is 63.2 Å². The minimum Gasteiger partial charge on any atom is -0.497 e. The Kier molecular flexibility index (Phi) is 8.05. The summed E-state index contributed by atoms with van der Waals surface area (Å²) in [6.45, 7) is 6.48. The van der Waals surface area contributed by atoms with Gasteiger partial charge in [-0.1, -0.05) is 44.2 Å². The molecule has 2 rings (SSSR count). The van der Waals surface area contributed by atoms with E-state index in [1.54, 1.807) is 13.2 Å². The van der Waals surface area contributed by atoms with Crippen molar-refractivity contribution < 1.29 is 14.3 Å². The van der Waals surface area contributed by atoms with Crippen molar-refractivity contribution in [3.8, 4) is 5.75 Å². The molecule has 28 heavy (non-hydrogen) atoms. The summed E-state index contributed by atoms with van der Waals surface area (Å²) < 4.78 is 5.15. The molecular weight excluding hydrogens is 352 g/mol. The van der Waals surface area contributed by atoms with Crippen LogP contribution in [0.5, 0.6) is 5.75 Å². The van der Waals surface area contributed by atoms with E-state index in [1.165, 1.54) is 0 Å². The first-order valence-electron chi connectivity index (χ1n) is 9.67. The number of hydrogen-bond donors (Lipinski definition) is 2. The summed E-state index contributed by atoms with van der Waals surface area (Å²) in [5, 5.41) is 5.85. The zero-order chi connectivity index (χ0) is 20.5. The Morgan fingerprint density at radius 1 is 1.04 bits per heavy atom. The maximum absolute atomic E-state index is 12.7. The molecule has 0 spiro atoms. The Hall–Kier alpha value is -2.82. The fourth-order valence-electron chi connectivity index (χ4n) is 3.01. The first-order valence-corrected chi connectivity index (χ1v) is 9.67. The molecule has 0 fully saturated rings. The van der Waals surface area contributed by atoms with Gasteiger partial charge in [-0.25, -0.2) is 0 Å². The van der Waals surface area contributed by atoms with Gasteiger partial charge in [-0.15, -0.1) is 0 Å². The van der Waals surface area contributed by atoms with Crippen LogP contribution in [-0.2, 0) is 11.2 Å². The van der Waals surface area contributed by atoms with E-state index in [9.17, 15) is 9.59 Å². The van der Waals surface area contributed by atoms with Crippen molar-refractivity contribution in [2.75, 3.05) is 13.7 Å². The molecule has 2 amide bonds. The lowest BCUT2D eigenvalue weighted by Crippen LogP contribution is -2.48. The average Bonchev–Trinajstić information content (AvgIpc) is 2.67. The summed E-state index contributed by atoms with van der Waals surface area (Å²) in [5.41, 5.74) is 2.61. The standard InChI is InChI=1S/C23H30N2O3/c1-16(2)15-21(25-22(26)20-8-6-5-7-17(20)3)23(27)24-14-13-18-9-11-19(28-4)12-10-18/h5-12,16,21H,13-15H2,1-4H3,(H,24,27)(H,25,26)/t21-/m0/s1. The van der Waals surface area contributed by atoms with Gasteiger partial charge in [0.05, 0.1) is 7.11 Å². The summed E-state index contributed by atoms with van der Waals surface area (Å²) in [7, 11) is 1.63.